The zero-order chi connectivity index (χ0) is 8.81. The average Bonchev–Trinajstić information content (AvgIpc) is 2.56. The highest BCUT2D eigenvalue weighted by Crippen LogP contribution is 2.13. The van der Waals surface area contributed by atoms with Crippen LogP contribution in [0.5, 0.6) is 0 Å². The van der Waals surface area contributed by atoms with E-state index in [4.69, 9.17) is 20.9 Å². The third kappa shape index (κ3) is 2.56. The van der Waals surface area contributed by atoms with E-state index in [2.05, 4.69) is 0 Å². The fourth-order valence-electron chi connectivity index (χ4n) is 1.03. The van der Waals surface area contributed by atoms with Gasteiger partial charge in [0.25, 0.3) is 0 Å². The molecule has 1 heterocycles. The van der Waals surface area contributed by atoms with Gasteiger partial charge >= 0.3 is 0 Å². The Balaban J connectivity index is 2.36. The van der Waals surface area contributed by atoms with Crippen LogP contribution in [0.2, 0.25) is 0 Å². The summed E-state index contributed by atoms with van der Waals surface area (Å²) in [6.45, 7) is 1.32. The number of hydrogen-bond donors (Lipinski definition) is 2. The standard InChI is InChI=1S/C8H14N2O2/c9-2-1-7(6-10)5-8-11-3-4-12-8/h1-2,6,8H,3-5,9-10H2/b2-1-,7-6+. The molecule has 0 aromatic rings. The lowest BCUT2D eigenvalue weighted by Crippen LogP contribution is -2.08. The smallest absolute Gasteiger partial charge is 0.161 e. The molecule has 0 atom stereocenters. The van der Waals surface area contributed by atoms with Crippen LogP contribution in [0.25, 0.3) is 0 Å². The van der Waals surface area contributed by atoms with Crippen LogP contribution in [0.4, 0.5) is 0 Å². The van der Waals surface area contributed by atoms with Gasteiger partial charge in [0.1, 0.15) is 0 Å². The molecule has 4 N–H and O–H groups in total. The number of rotatable bonds is 3. The second kappa shape index (κ2) is 4.79. The molecular formula is C8H14N2O2. The second-order valence-corrected chi connectivity index (χ2v) is 2.48. The molecule has 1 saturated heterocycles. The number of hydrogen-bond acceptors (Lipinski definition) is 4. The van der Waals surface area contributed by atoms with Crippen LogP contribution >= 0.6 is 0 Å². The molecule has 1 rings (SSSR count). The minimum absolute atomic E-state index is 0.156. The van der Waals surface area contributed by atoms with Crippen molar-refractivity contribution >= 4 is 0 Å². The summed E-state index contributed by atoms with van der Waals surface area (Å²) in [6, 6.07) is 0. The van der Waals surface area contributed by atoms with Crippen molar-refractivity contribution in [3.63, 3.8) is 0 Å². The van der Waals surface area contributed by atoms with Gasteiger partial charge in [-0.2, -0.15) is 0 Å². The van der Waals surface area contributed by atoms with Crippen LogP contribution < -0.4 is 11.5 Å². The van der Waals surface area contributed by atoms with Gasteiger partial charge in [-0.15, -0.1) is 0 Å². The van der Waals surface area contributed by atoms with Gasteiger partial charge in [-0.1, -0.05) is 0 Å². The molecule has 0 spiro atoms. The van der Waals surface area contributed by atoms with Crippen molar-refractivity contribution in [2.75, 3.05) is 13.2 Å². The Kier molecular flexibility index (Phi) is 3.63. The largest absolute Gasteiger partial charge is 0.405 e. The van der Waals surface area contributed by atoms with Crippen molar-refractivity contribution in [1.29, 1.82) is 0 Å². The molecule has 0 radical (unpaired) electrons. The van der Waals surface area contributed by atoms with E-state index in [0.29, 0.717) is 19.6 Å². The van der Waals surface area contributed by atoms with Gasteiger partial charge in [0.2, 0.25) is 0 Å². The quantitative estimate of drug-likeness (QED) is 0.588. The van der Waals surface area contributed by atoms with Gasteiger partial charge in [0.05, 0.1) is 13.2 Å². The molecule has 1 aliphatic heterocycles. The first-order valence-electron chi connectivity index (χ1n) is 3.89. The third-order valence-electron chi connectivity index (χ3n) is 1.62. The van der Waals surface area contributed by atoms with Crippen molar-refractivity contribution in [2.45, 2.75) is 12.7 Å². The van der Waals surface area contributed by atoms with E-state index in [0.717, 1.165) is 5.57 Å². The molecule has 0 aromatic carbocycles. The van der Waals surface area contributed by atoms with E-state index in [1.165, 1.54) is 12.4 Å². The summed E-state index contributed by atoms with van der Waals surface area (Å²) in [6.07, 6.45) is 5.20. The molecule has 12 heavy (non-hydrogen) atoms. The summed E-state index contributed by atoms with van der Waals surface area (Å²) >= 11 is 0. The van der Waals surface area contributed by atoms with Crippen molar-refractivity contribution in [3.05, 3.63) is 24.0 Å². The van der Waals surface area contributed by atoms with Crippen molar-refractivity contribution < 1.29 is 9.47 Å². The van der Waals surface area contributed by atoms with Crippen LogP contribution in [0.1, 0.15) is 6.42 Å². The van der Waals surface area contributed by atoms with Gasteiger partial charge in [-0.25, -0.2) is 0 Å². The average molecular weight is 170 g/mol. The predicted octanol–water partition coefficient (Wildman–Crippen LogP) is 0.0644. The van der Waals surface area contributed by atoms with Gasteiger partial charge in [-0.05, 0) is 24.0 Å². The first-order chi connectivity index (χ1) is 5.86. The Labute approximate surface area is 71.8 Å². The lowest BCUT2D eigenvalue weighted by atomic mass is 10.2. The van der Waals surface area contributed by atoms with Crippen LogP contribution in [0.3, 0.4) is 0 Å². The topological polar surface area (TPSA) is 70.5 Å². The normalized spacial score (nSPS) is 20.8. The fourth-order valence-corrected chi connectivity index (χ4v) is 1.03. The number of nitrogens with two attached hydrogens (primary N) is 2. The Morgan fingerprint density at radius 1 is 1.33 bits per heavy atom. The third-order valence-corrected chi connectivity index (χ3v) is 1.62. The lowest BCUT2D eigenvalue weighted by Gasteiger charge is -2.08. The second-order valence-electron chi connectivity index (χ2n) is 2.48. The summed E-state index contributed by atoms with van der Waals surface area (Å²) in [5.74, 6) is 0. The Hall–Kier alpha value is -1.00. The highest BCUT2D eigenvalue weighted by atomic mass is 16.7. The van der Waals surface area contributed by atoms with E-state index < -0.39 is 0 Å². The number of allylic oxidation sites excluding steroid dienone is 1. The van der Waals surface area contributed by atoms with E-state index in [1.54, 1.807) is 6.08 Å². The zero-order valence-corrected chi connectivity index (χ0v) is 6.90. The van der Waals surface area contributed by atoms with Crippen LogP contribution in [-0.4, -0.2) is 19.5 Å². The maximum absolute atomic E-state index is 5.36. The first kappa shape index (κ1) is 9.09. The minimum atomic E-state index is -0.156. The molecule has 68 valence electrons. The van der Waals surface area contributed by atoms with Crippen molar-refractivity contribution in [1.82, 2.24) is 0 Å². The van der Waals surface area contributed by atoms with Crippen LogP contribution in [-0.2, 0) is 9.47 Å². The summed E-state index contributed by atoms with van der Waals surface area (Å²) < 4.78 is 10.5. The fraction of sp³-hybridized carbons (Fsp3) is 0.500. The maximum Gasteiger partial charge on any atom is 0.161 e. The van der Waals surface area contributed by atoms with E-state index in [-0.39, 0.29) is 6.29 Å². The summed E-state index contributed by atoms with van der Waals surface area (Å²) in [5, 5.41) is 0. The predicted molar refractivity (Wildman–Crippen MR) is 45.9 cm³/mol. The highest BCUT2D eigenvalue weighted by Gasteiger charge is 2.16. The summed E-state index contributed by atoms with van der Waals surface area (Å²) in [5.41, 5.74) is 11.5. The van der Waals surface area contributed by atoms with Gasteiger partial charge in [0, 0.05) is 6.42 Å². The van der Waals surface area contributed by atoms with Crippen LogP contribution in [0.15, 0.2) is 24.0 Å². The van der Waals surface area contributed by atoms with E-state index in [9.17, 15) is 0 Å². The molecule has 0 bridgehead atoms. The molecule has 0 aliphatic carbocycles. The van der Waals surface area contributed by atoms with Crippen molar-refractivity contribution in [3.8, 4) is 0 Å². The Morgan fingerprint density at radius 3 is 2.50 bits per heavy atom. The Bertz CT molecular complexity index is 183. The molecule has 1 fully saturated rings. The van der Waals surface area contributed by atoms with Crippen LogP contribution in [0, 0.1) is 0 Å². The number of ether oxygens (including phenoxy) is 2. The zero-order valence-electron chi connectivity index (χ0n) is 6.90. The van der Waals surface area contributed by atoms with Crippen molar-refractivity contribution in [2.24, 2.45) is 11.5 Å². The molecular weight excluding hydrogens is 156 g/mol. The Morgan fingerprint density at radius 2 is 2.00 bits per heavy atom. The SMILES string of the molecule is N/C=C\C(=C/N)CC1OCCO1. The minimum Gasteiger partial charge on any atom is -0.405 e. The lowest BCUT2D eigenvalue weighted by molar-refractivity contribution is -0.0394. The van der Waals surface area contributed by atoms with Gasteiger partial charge in [-0.3, -0.25) is 0 Å². The molecule has 4 heteroatoms. The molecule has 4 nitrogen and oxygen atoms in total. The summed E-state index contributed by atoms with van der Waals surface area (Å²) in [7, 11) is 0. The molecule has 0 aromatic heterocycles. The van der Waals surface area contributed by atoms with E-state index >= 15 is 0 Å². The monoisotopic (exact) mass is 170 g/mol. The van der Waals surface area contributed by atoms with Gasteiger partial charge in [0.15, 0.2) is 6.29 Å². The molecule has 0 saturated carbocycles. The molecule has 0 amide bonds. The van der Waals surface area contributed by atoms with E-state index in [1.807, 2.05) is 0 Å². The molecule has 0 unspecified atom stereocenters. The van der Waals surface area contributed by atoms with Gasteiger partial charge < -0.3 is 20.9 Å². The summed E-state index contributed by atoms with van der Waals surface area (Å²) in [4.78, 5) is 0. The first-order valence-corrected chi connectivity index (χ1v) is 3.89. The molecule has 1 aliphatic rings. The maximum atomic E-state index is 5.36. The highest BCUT2D eigenvalue weighted by molar-refractivity contribution is 5.16.